The monoisotopic (exact) mass is 523 g/mol. The number of benzene rings is 2. The lowest BCUT2D eigenvalue weighted by Crippen LogP contribution is -2.18. The fourth-order valence-electron chi connectivity index (χ4n) is 1.71. The van der Waals surface area contributed by atoms with Crippen molar-refractivity contribution in [2.45, 2.75) is 11.1 Å². The van der Waals surface area contributed by atoms with Gasteiger partial charge in [-0.2, -0.15) is 13.2 Å². The first-order chi connectivity index (χ1) is 10.5. The molecule has 0 amide bonds. The molecule has 0 saturated carbocycles. The number of rotatable bonds is 3. The highest BCUT2D eigenvalue weighted by Crippen LogP contribution is 2.36. The number of nitrogens with one attached hydrogen (secondary N) is 1. The van der Waals surface area contributed by atoms with Gasteiger partial charge in [0.2, 0.25) is 0 Å². The molecular weight excluding hydrogens is 517 g/mol. The van der Waals surface area contributed by atoms with Gasteiger partial charge >= 0.3 is 6.18 Å². The Morgan fingerprint density at radius 1 is 1.13 bits per heavy atom. The molecule has 0 aliphatic heterocycles. The van der Waals surface area contributed by atoms with Gasteiger partial charge in [-0.05, 0) is 52.9 Å². The molecule has 0 unspecified atom stereocenters. The van der Waals surface area contributed by atoms with Gasteiger partial charge in [-0.15, -0.1) is 0 Å². The van der Waals surface area contributed by atoms with Crippen LogP contribution in [0.15, 0.2) is 45.8 Å². The van der Waals surface area contributed by atoms with Crippen molar-refractivity contribution in [3.05, 3.63) is 55.8 Å². The van der Waals surface area contributed by atoms with E-state index in [0.717, 1.165) is 24.3 Å². The summed E-state index contributed by atoms with van der Waals surface area (Å²) in [6.07, 6.45) is -4.69. The Hall–Kier alpha value is -0.880. The first-order valence-electron chi connectivity index (χ1n) is 5.86. The molecule has 2 aromatic carbocycles. The van der Waals surface area contributed by atoms with Crippen LogP contribution in [0.5, 0.6) is 0 Å². The molecule has 2 rings (SSSR count). The smallest absolute Gasteiger partial charge is 0.277 e. The normalized spacial score (nSPS) is 12.3. The summed E-state index contributed by atoms with van der Waals surface area (Å²) in [7, 11) is -4.38. The van der Waals surface area contributed by atoms with Gasteiger partial charge in [-0.3, -0.25) is 4.72 Å². The minimum atomic E-state index is -4.69. The first kappa shape index (κ1) is 18.5. The van der Waals surface area contributed by atoms with Crippen molar-refractivity contribution in [1.82, 2.24) is 0 Å². The van der Waals surface area contributed by atoms with Crippen LogP contribution in [0.2, 0.25) is 0 Å². The van der Waals surface area contributed by atoms with Gasteiger partial charge < -0.3 is 0 Å². The summed E-state index contributed by atoms with van der Waals surface area (Å²) in [6, 6.07) is 6.35. The summed E-state index contributed by atoms with van der Waals surface area (Å²) >= 11 is 4.37. The Labute approximate surface area is 151 Å². The van der Waals surface area contributed by atoms with Crippen LogP contribution >= 0.6 is 38.5 Å². The molecule has 0 fully saturated rings. The van der Waals surface area contributed by atoms with Gasteiger partial charge in [0.25, 0.3) is 10.0 Å². The fraction of sp³-hybridized carbons (Fsp3) is 0.0769. The lowest BCUT2D eigenvalue weighted by atomic mass is 10.2. The molecule has 0 atom stereocenters. The second-order valence-corrected chi connectivity index (χ2v) is 7.99. The van der Waals surface area contributed by atoms with Gasteiger partial charge in [-0.25, -0.2) is 12.8 Å². The van der Waals surface area contributed by atoms with Crippen LogP contribution in [0.25, 0.3) is 0 Å². The Balaban J connectivity index is 2.51. The van der Waals surface area contributed by atoms with Gasteiger partial charge in [0, 0.05) is 8.04 Å². The minimum Gasteiger partial charge on any atom is -0.277 e. The number of hydrogen-bond donors (Lipinski definition) is 1. The van der Waals surface area contributed by atoms with Gasteiger partial charge in [0.15, 0.2) is 0 Å². The molecule has 0 aliphatic rings. The number of sulfonamides is 1. The Kier molecular flexibility index (Phi) is 5.26. The van der Waals surface area contributed by atoms with Crippen molar-refractivity contribution in [2.24, 2.45) is 0 Å². The lowest BCUT2D eigenvalue weighted by molar-refractivity contribution is -0.138. The fourth-order valence-corrected chi connectivity index (χ4v) is 4.77. The SMILES string of the molecule is O=S(=O)(Nc1cc(Br)ccc1F)c1cccc(C(F)(F)F)c1I. The predicted octanol–water partition coefficient (Wildman–Crippen LogP) is 5.01. The van der Waals surface area contributed by atoms with Gasteiger partial charge in [0.1, 0.15) is 10.7 Å². The van der Waals surface area contributed by atoms with Crippen molar-refractivity contribution in [2.75, 3.05) is 4.72 Å². The third-order valence-electron chi connectivity index (χ3n) is 2.73. The second-order valence-electron chi connectivity index (χ2n) is 4.35. The zero-order chi connectivity index (χ0) is 17.4. The topological polar surface area (TPSA) is 46.2 Å². The average Bonchev–Trinajstić information content (AvgIpc) is 2.41. The van der Waals surface area contributed by atoms with E-state index in [2.05, 4.69) is 15.9 Å². The highest BCUT2D eigenvalue weighted by molar-refractivity contribution is 14.1. The average molecular weight is 524 g/mol. The van der Waals surface area contributed by atoms with Crippen LogP contribution in [0.1, 0.15) is 5.56 Å². The minimum absolute atomic E-state index is 0.368. The van der Waals surface area contributed by atoms with E-state index >= 15 is 0 Å². The maximum absolute atomic E-state index is 13.7. The van der Waals surface area contributed by atoms with Gasteiger partial charge in [-0.1, -0.05) is 22.0 Å². The number of alkyl halides is 3. The third kappa shape index (κ3) is 4.15. The molecule has 2 aromatic rings. The molecule has 23 heavy (non-hydrogen) atoms. The van der Waals surface area contributed by atoms with Crippen LogP contribution in [-0.4, -0.2) is 8.42 Å². The highest BCUT2D eigenvalue weighted by Gasteiger charge is 2.35. The summed E-state index contributed by atoms with van der Waals surface area (Å²) in [5.41, 5.74) is -1.44. The standard InChI is InChI=1S/C13H7BrF4INO2S/c14-7-4-5-9(15)10(6-7)20-23(21,22)11-3-1-2-8(12(11)19)13(16,17)18/h1-6,20H. The van der Waals surface area contributed by atoms with Gasteiger partial charge in [0.05, 0.1) is 11.3 Å². The molecule has 0 aromatic heterocycles. The van der Waals surface area contributed by atoms with E-state index < -0.39 is 36.0 Å². The van der Waals surface area contributed by atoms with Crippen molar-refractivity contribution in [1.29, 1.82) is 0 Å². The van der Waals surface area contributed by atoms with E-state index in [9.17, 15) is 26.0 Å². The molecular formula is C13H7BrF4INO2S. The number of hydrogen-bond acceptors (Lipinski definition) is 2. The number of halogens is 6. The van der Waals surface area contributed by atoms with Crippen LogP contribution in [0, 0.1) is 9.39 Å². The molecule has 0 radical (unpaired) electrons. The van der Waals surface area contributed by atoms with Crippen molar-refractivity contribution < 1.29 is 26.0 Å². The second kappa shape index (κ2) is 6.55. The lowest BCUT2D eigenvalue weighted by Gasteiger charge is -2.14. The van der Waals surface area contributed by atoms with Crippen LogP contribution in [0.3, 0.4) is 0 Å². The zero-order valence-corrected chi connectivity index (χ0v) is 15.5. The summed E-state index contributed by atoms with van der Waals surface area (Å²) < 4.78 is 78.8. The highest BCUT2D eigenvalue weighted by atomic mass is 127. The van der Waals surface area contributed by atoms with Crippen LogP contribution in [-0.2, 0) is 16.2 Å². The van der Waals surface area contributed by atoms with E-state index in [1.807, 2.05) is 4.72 Å². The van der Waals surface area contributed by atoms with E-state index in [0.29, 0.717) is 4.47 Å². The molecule has 3 nitrogen and oxygen atoms in total. The van der Waals surface area contributed by atoms with E-state index in [-0.39, 0.29) is 5.69 Å². The summed E-state index contributed by atoms with van der Waals surface area (Å²) in [5.74, 6) is -0.848. The molecule has 10 heteroatoms. The molecule has 0 aliphatic carbocycles. The molecule has 0 saturated heterocycles. The van der Waals surface area contributed by atoms with E-state index in [4.69, 9.17) is 0 Å². The van der Waals surface area contributed by atoms with Crippen LogP contribution < -0.4 is 4.72 Å². The van der Waals surface area contributed by atoms with Crippen LogP contribution in [0.4, 0.5) is 23.2 Å². The largest absolute Gasteiger partial charge is 0.417 e. The maximum Gasteiger partial charge on any atom is 0.417 e. The predicted molar refractivity (Wildman–Crippen MR) is 89.1 cm³/mol. The summed E-state index contributed by atoms with van der Waals surface area (Å²) in [4.78, 5) is -0.577. The molecule has 0 bridgehead atoms. The third-order valence-corrected chi connectivity index (χ3v) is 6.16. The Bertz CT molecular complexity index is 856. The molecule has 1 N–H and O–H groups in total. The van der Waals surface area contributed by atoms with E-state index in [1.165, 1.54) is 34.7 Å². The van der Waals surface area contributed by atoms with E-state index in [1.54, 1.807) is 0 Å². The number of anilines is 1. The zero-order valence-electron chi connectivity index (χ0n) is 11.0. The van der Waals surface area contributed by atoms with Crippen molar-refractivity contribution >= 4 is 54.2 Å². The first-order valence-corrected chi connectivity index (χ1v) is 9.21. The Morgan fingerprint density at radius 3 is 2.39 bits per heavy atom. The molecule has 0 spiro atoms. The Morgan fingerprint density at radius 2 is 1.78 bits per heavy atom. The molecule has 0 heterocycles. The summed E-state index contributed by atoms with van der Waals surface area (Å²) in [6.45, 7) is 0. The quantitative estimate of drug-likeness (QED) is 0.454. The van der Waals surface area contributed by atoms with Crippen molar-refractivity contribution in [3.8, 4) is 0 Å². The van der Waals surface area contributed by atoms with Crippen molar-refractivity contribution in [3.63, 3.8) is 0 Å². The molecule has 124 valence electrons. The maximum atomic E-state index is 13.7. The summed E-state index contributed by atoms with van der Waals surface area (Å²) in [5, 5.41) is 0.